The van der Waals surface area contributed by atoms with Gasteiger partial charge in [0.1, 0.15) is 0 Å². The number of amides is 1. The quantitative estimate of drug-likeness (QED) is 0.499. The van der Waals surface area contributed by atoms with Gasteiger partial charge in [-0.05, 0) is 42.8 Å². The second-order valence-corrected chi connectivity index (χ2v) is 7.20. The van der Waals surface area contributed by atoms with Crippen LogP contribution in [0.3, 0.4) is 0 Å². The van der Waals surface area contributed by atoms with Crippen LogP contribution in [0.4, 0.5) is 16.5 Å². The van der Waals surface area contributed by atoms with E-state index in [2.05, 4.69) is 22.5 Å². The van der Waals surface area contributed by atoms with Gasteiger partial charge in [-0.2, -0.15) is 0 Å². The van der Waals surface area contributed by atoms with Crippen molar-refractivity contribution in [2.75, 3.05) is 10.6 Å². The molecule has 2 aromatic carbocycles. The molecule has 0 aliphatic carbocycles. The van der Waals surface area contributed by atoms with Crippen molar-refractivity contribution >= 4 is 45.4 Å². The molecule has 0 spiro atoms. The van der Waals surface area contributed by atoms with Gasteiger partial charge in [-0.15, -0.1) is 11.3 Å². The van der Waals surface area contributed by atoms with Gasteiger partial charge in [0.05, 0.1) is 5.69 Å². The maximum atomic E-state index is 11.9. The van der Waals surface area contributed by atoms with Crippen LogP contribution in [0.1, 0.15) is 26.2 Å². The molecule has 134 valence electrons. The molecule has 2 N–H and O–H groups in total. The molecule has 1 heterocycles. The van der Waals surface area contributed by atoms with Crippen LogP contribution >= 0.6 is 22.9 Å². The minimum absolute atomic E-state index is 0.0485. The van der Waals surface area contributed by atoms with Gasteiger partial charge < -0.3 is 10.6 Å². The molecule has 0 aliphatic rings. The van der Waals surface area contributed by atoms with E-state index in [1.807, 2.05) is 53.9 Å². The molecule has 6 heteroatoms. The van der Waals surface area contributed by atoms with E-state index >= 15 is 0 Å². The van der Waals surface area contributed by atoms with Gasteiger partial charge in [-0.3, -0.25) is 4.79 Å². The number of aromatic nitrogens is 1. The Balaban J connectivity index is 1.69. The summed E-state index contributed by atoms with van der Waals surface area (Å²) in [4.78, 5) is 16.5. The first-order valence-electron chi connectivity index (χ1n) is 8.52. The molecule has 0 saturated heterocycles. The van der Waals surface area contributed by atoms with Crippen molar-refractivity contribution in [1.82, 2.24) is 4.98 Å². The normalized spacial score (nSPS) is 10.5. The number of benzene rings is 2. The van der Waals surface area contributed by atoms with Crippen LogP contribution in [-0.4, -0.2) is 10.9 Å². The van der Waals surface area contributed by atoms with E-state index in [9.17, 15) is 4.79 Å². The molecule has 0 bridgehead atoms. The van der Waals surface area contributed by atoms with Crippen molar-refractivity contribution in [1.29, 1.82) is 0 Å². The van der Waals surface area contributed by atoms with Crippen molar-refractivity contribution in [2.45, 2.75) is 26.2 Å². The summed E-state index contributed by atoms with van der Waals surface area (Å²) >= 11 is 7.44. The second kappa shape index (κ2) is 8.83. The summed E-state index contributed by atoms with van der Waals surface area (Å²) in [6.45, 7) is 2.08. The highest BCUT2D eigenvalue weighted by molar-refractivity contribution is 7.14. The van der Waals surface area contributed by atoms with E-state index in [0.717, 1.165) is 40.6 Å². The molecule has 0 aliphatic heterocycles. The van der Waals surface area contributed by atoms with E-state index in [0.29, 0.717) is 11.4 Å². The lowest BCUT2D eigenvalue weighted by atomic mass is 10.1. The highest BCUT2D eigenvalue weighted by Gasteiger charge is 2.07. The summed E-state index contributed by atoms with van der Waals surface area (Å²) in [5.74, 6) is 0.0485. The molecule has 0 atom stereocenters. The Kier molecular flexibility index (Phi) is 6.26. The molecule has 4 nitrogen and oxygen atoms in total. The van der Waals surface area contributed by atoms with Gasteiger partial charge in [0.2, 0.25) is 5.91 Å². The lowest BCUT2D eigenvalue weighted by molar-refractivity contribution is -0.116. The summed E-state index contributed by atoms with van der Waals surface area (Å²) < 4.78 is 0. The minimum Gasteiger partial charge on any atom is -0.332 e. The number of nitrogens with one attached hydrogen (secondary N) is 2. The Morgan fingerprint density at radius 3 is 2.73 bits per heavy atom. The van der Waals surface area contributed by atoms with Crippen LogP contribution in [0.5, 0.6) is 0 Å². The molecule has 26 heavy (non-hydrogen) atoms. The third-order valence-corrected chi connectivity index (χ3v) is 4.81. The molecule has 1 aromatic heterocycles. The zero-order chi connectivity index (χ0) is 18.4. The van der Waals surface area contributed by atoms with Crippen molar-refractivity contribution < 1.29 is 4.79 Å². The topological polar surface area (TPSA) is 54.0 Å². The molecule has 3 rings (SSSR count). The van der Waals surface area contributed by atoms with E-state index in [-0.39, 0.29) is 5.91 Å². The first-order valence-corrected chi connectivity index (χ1v) is 9.78. The third-order valence-electron chi connectivity index (χ3n) is 3.80. The number of thiazole rings is 1. The summed E-state index contributed by atoms with van der Waals surface area (Å²) in [6.07, 6.45) is 2.46. The van der Waals surface area contributed by atoms with E-state index < -0.39 is 0 Å². The average molecular weight is 386 g/mol. The van der Waals surface area contributed by atoms with Gasteiger partial charge in [-0.25, -0.2) is 4.98 Å². The summed E-state index contributed by atoms with van der Waals surface area (Å²) in [5.41, 5.74) is 3.57. The van der Waals surface area contributed by atoms with Gasteiger partial charge in [0, 0.05) is 33.8 Å². The Hall–Kier alpha value is -2.37. The van der Waals surface area contributed by atoms with Crippen molar-refractivity contribution in [2.24, 2.45) is 0 Å². The lowest BCUT2D eigenvalue weighted by Crippen LogP contribution is -2.10. The Bertz CT molecular complexity index is 877. The number of unbranched alkanes of at least 4 members (excludes halogenated alkanes) is 1. The SMILES string of the molecule is CCCCC(=O)Nc1cccc(-c2csc(Nc3ccc(Cl)cc3)n2)c1. The first-order chi connectivity index (χ1) is 12.6. The fourth-order valence-corrected chi connectivity index (χ4v) is 3.30. The van der Waals surface area contributed by atoms with Gasteiger partial charge in [0.15, 0.2) is 5.13 Å². The van der Waals surface area contributed by atoms with Crippen LogP contribution in [0.2, 0.25) is 5.02 Å². The third kappa shape index (κ3) is 5.07. The van der Waals surface area contributed by atoms with E-state index in [1.165, 1.54) is 11.3 Å². The minimum atomic E-state index is 0.0485. The largest absolute Gasteiger partial charge is 0.332 e. The summed E-state index contributed by atoms with van der Waals surface area (Å²) in [6, 6.07) is 15.3. The maximum absolute atomic E-state index is 11.9. The first kappa shape index (κ1) is 18.4. The lowest BCUT2D eigenvalue weighted by Gasteiger charge is -2.06. The van der Waals surface area contributed by atoms with Crippen LogP contribution in [-0.2, 0) is 4.79 Å². The number of rotatable bonds is 7. The Labute approximate surface area is 162 Å². The van der Waals surface area contributed by atoms with Crippen LogP contribution in [0.25, 0.3) is 11.3 Å². The second-order valence-electron chi connectivity index (χ2n) is 5.90. The predicted octanol–water partition coefficient (Wildman–Crippen LogP) is 6.34. The number of carbonyl (C=O) groups excluding carboxylic acids is 1. The molecule has 1 amide bonds. The zero-order valence-electron chi connectivity index (χ0n) is 14.5. The summed E-state index contributed by atoms with van der Waals surface area (Å²) in [5, 5.41) is 9.72. The number of halogens is 1. The smallest absolute Gasteiger partial charge is 0.224 e. The molecule has 0 saturated carbocycles. The standard InChI is InChI=1S/C20H20ClN3OS/c1-2-3-7-19(25)22-17-6-4-5-14(12-17)18-13-26-20(24-18)23-16-10-8-15(21)9-11-16/h4-6,8-13H,2-3,7H2,1H3,(H,22,25)(H,23,24). The molecule has 0 unspecified atom stereocenters. The molecular weight excluding hydrogens is 366 g/mol. The van der Waals surface area contributed by atoms with E-state index in [4.69, 9.17) is 11.6 Å². The van der Waals surface area contributed by atoms with Gasteiger partial charge >= 0.3 is 0 Å². The predicted molar refractivity (Wildman–Crippen MR) is 110 cm³/mol. The fourth-order valence-electron chi connectivity index (χ4n) is 2.44. The number of hydrogen-bond donors (Lipinski definition) is 2. The van der Waals surface area contributed by atoms with Crippen LogP contribution in [0.15, 0.2) is 53.9 Å². The Morgan fingerprint density at radius 2 is 1.96 bits per heavy atom. The molecular formula is C20H20ClN3OS. The van der Waals surface area contributed by atoms with Crippen LogP contribution < -0.4 is 10.6 Å². The number of anilines is 3. The van der Waals surface area contributed by atoms with E-state index in [1.54, 1.807) is 0 Å². The highest BCUT2D eigenvalue weighted by Crippen LogP contribution is 2.29. The average Bonchev–Trinajstić information content (AvgIpc) is 3.11. The van der Waals surface area contributed by atoms with Crippen molar-refractivity contribution in [3.05, 3.63) is 58.9 Å². The summed E-state index contributed by atoms with van der Waals surface area (Å²) in [7, 11) is 0. The molecule has 0 radical (unpaired) electrons. The number of nitrogens with zero attached hydrogens (tertiary/aromatic N) is 1. The fraction of sp³-hybridized carbons (Fsp3) is 0.200. The maximum Gasteiger partial charge on any atom is 0.224 e. The molecule has 3 aromatic rings. The monoisotopic (exact) mass is 385 g/mol. The van der Waals surface area contributed by atoms with Crippen molar-refractivity contribution in [3.8, 4) is 11.3 Å². The van der Waals surface area contributed by atoms with Crippen LogP contribution in [0, 0.1) is 0 Å². The van der Waals surface area contributed by atoms with Crippen molar-refractivity contribution in [3.63, 3.8) is 0 Å². The van der Waals surface area contributed by atoms with Gasteiger partial charge in [-0.1, -0.05) is 37.1 Å². The van der Waals surface area contributed by atoms with Gasteiger partial charge in [0.25, 0.3) is 0 Å². The number of carbonyl (C=O) groups is 1. The molecule has 0 fully saturated rings. The number of hydrogen-bond acceptors (Lipinski definition) is 4. The highest BCUT2D eigenvalue weighted by atomic mass is 35.5. The Morgan fingerprint density at radius 1 is 1.15 bits per heavy atom. The zero-order valence-corrected chi connectivity index (χ0v) is 16.0.